The first-order valence-corrected chi connectivity index (χ1v) is 11.2. The van der Waals surface area contributed by atoms with Crippen LogP contribution < -0.4 is 0 Å². The monoisotopic (exact) mass is 463 g/mol. The summed E-state index contributed by atoms with van der Waals surface area (Å²) >= 11 is 0. The van der Waals surface area contributed by atoms with Crippen molar-refractivity contribution in [3.63, 3.8) is 0 Å². The highest BCUT2D eigenvalue weighted by Crippen LogP contribution is 2.32. The van der Waals surface area contributed by atoms with Crippen LogP contribution in [0.4, 0.5) is 13.2 Å². The molecular formula is C26H32F3NO3. The number of alkyl halides is 3. The van der Waals surface area contributed by atoms with Gasteiger partial charge in [-0.05, 0) is 72.7 Å². The van der Waals surface area contributed by atoms with E-state index in [0.717, 1.165) is 41.7 Å². The van der Waals surface area contributed by atoms with E-state index < -0.39 is 17.7 Å². The van der Waals surface area contributed by atoms with Gasteiger partial charge < -0.3 is 9.57 Å². The fourth-order valence-corrected chi connectivity index (χ4v) is 3.71. The highest BCUT2D eigenvalue weighted by atomic mass is 19.4. The van der Waals surface area contributed by atoms with E-state index in [9.17, 15) is 18.0 Å². The number of ether oxygens (including phenoxy) is 1. The second kappa shape index (κ2) is 11.9. The molecule has 33 heavy (non-hydrogen) atoms. The summed E-state index contributed by atoms with van der Waals surface area (Å²) in [7, 11) is 1.38. The molecule has 0 N–H and O–H groups in total. The van der Waals surface area contributed by atoms with Crippen molar-refractivity contribution in [2.24, 2.45) is 5.16 Å². The Morgan fingerprint density at radius 1 is 1.15 bits per heavy atom. The lowest BCUT2D eigenvalue weighted by atomic mass is 9.88. The third-order valence-corrected chi connectivity index (χ3v) is 5.71. The Hall–Kier alpha value is -2.83. The van der Waals surface area contributed by atoms with Crippen molar-refractivity contribution in [3.05, 3.63) is 69.8 Å². The summed E-state index contributed by atoms with van der Waals surface area (Å²) < 4.78 is 44.8. The van der Waals surface area contributed by atoms with Crippen LogP contribution in [0.2, 0.25) is 0 Å². The molecule has 0 bridgehead atoms. The molecule has 0 aromatic heterocycles. The van der Waals surface area contributed by atoms with Crippen molar-refractivity contribution < 1.29 is 27.5 Å². The first-order chi connectivity index (χ1) is 15.6. The van der Waals surface area contributed by atoms with Gasteiger partial charge in [0.15, 0.2) is 0 Å². The topological polar surface area (TPSA) is 47.9 Å². The summed E-state index contributed by atoms with van der Waals surface area (Å²) in [6.07, 6.45) is -1.47. The maximum atomic E-state index is 13.3. The van der Waals surface area contributed by atoms with Gasteiger partial charge in [0, 0.05) is 0 Å². The largest absolute Gasteiger partial charge is 0.469 e. The minimum atomic E-state index is -4.43. The standard InChI is InChI=1S/C26H32F3NO3/c1-6-8-11-23(25(31)32-5)22-12-9-10-17(3)24(22)16-33-30-18(4)20-13-19(7-2)14-21(15-20)26(27,28)29/h9-10,12-15,23H,6-8,11,16H2,1-5H3/b30-18+. The van der Waals surface area contributed by atoms with Crippen molar-refractivity contribution in [2.45, 2.75) is 72.1 Å². The number of hydrogen-bond donors (Lipinski definition) is 0. The molecular weight excluding hydrogens is 431 g/mol. The second-order valence-electron chi connectivity index (χ2n) is 8.08. The zero-order valence-corrected chi connectivity index (χ0v) is 19.9. The number of hydrogen-bond acceptors (Lipinski definition) is 4. The number of esters is 1. The Morgan fingerprint density at radius 3 is 2.48 bits per heavy atom. The predicted octanol–water partition coefficient (Wildman–Crippen LogP) is 6.96. The Kier molecular flexibility index (Phi) is 9.50. The molecule has 2 aromatic carbocycles. The fourth-order valence-electron chi connectivity index (χ4n) is 3.71. The first-order valence-electron chi connectivity index (χ1n) is 11.2. The van der Waals surface area contributed by atoms with Gasteiger partial charge in [-0.15, -0.1) is 0 Å². The molecule has 2 aromatic rings. The minimum absolute atomic E-state index is 0.0958. The molecule has 0 aliphatic heterocycles. The van der Waals surface area contributed by atoms with Crippen LogP contribution in [0.25, 0.3) is 0 Å². The van der Waals surface area contributed by atoms with E-state index in [2.05, 4.69) is 12.1 Å². The SMILES string of the molecule is CCCCC(C(=O)OC)c1cccc(C)c1CO/N=C(\C)c1cc(CC)cc(C(F)(F)F)c1. The van der Waals surface area contributed by atoms with Gasteiger partial charge >= 0.3 is 12.1 Å². The van der Waals surface area contributed by atoms with E-state index in [0.29, 0.717) is 29.7 Å². The lowest BCUT2D eigenvalue weighted by Crippen LogP contribution is -2.17. The lowest BCUT2D eigenvalue weighted by molar-refractivity contribution is -0.142. The van der Waals surface area contributed by atoms with Gasteiger partial charge in [0.25, 0.3) is 0 Å². The van der Waals surface area contributed by atoms with E-state index in [4.69, 9.17) is 9.57 Å². The van der Waals surface area contributed by atoms with E-state index in [1.165, 1.54) is 7.11 Å². The highest BCUT2D eigenvalue weighted by molar-refractivity contribution is 5.98. The van der Waals surface area contributed by atoms with Crippen LogP contribution in [0.15, 0.2) is 41.6 Å². The van der Waals surface area contributed by atoms with Crippen LogP contribution in [0.5, 0.6) is 0 Å². The van der Waals surface area contributed by atoms with E-state index in [-0.39, 0.29) is 12.6 Å². The van der Waals surface area contributed by atoms with Crippen LogP contribution in [0.3, 0.4) is 0 Å². The number of oxime groups is 1. The van der Waals surface area contributed by atoms with Crippen LogP contribution >= 0.6 is 0 Å². The Labute approximate surface area is 193 Å². The summed E-state index contributed by atoms with van der Waals surface area (Å²) in [6.45, 7) is 7.50. The number of halogens is 3. The molecule has 0 amide bonds. The quantitative estimate of drug-likeness (QED) is 0.217. The number of benzene rings is 2. The van der Waals surface area contributed by atoms with Crippen molar-refractivity contribution in [1.29, 1.82) is 0 Å². The zero-order valence-electron chi connectivity index (χ0n) is 19.9. The van der Waals surface area contributed by atoms with E-state index >= 15 is 0 Å². The minimum Gasteiger partial charge on any atom is -0.469 e. The van der Waals surface area contributed by atoms with Gasteiger partial charge in [0.2, 0.25) is 0 Å². The third-order valence-electron chi connectivity index (χ3n) is 5.71. The smallest absolute Gasteiger partial charge is 0.416 e. The lowest BCUT2D eigenvalue weighted by Gasteiger charge is -2.19. The molecule has 1 unspecified atom stereocenters. The van der Waals surface area contributed by atoms with Gasteiger partial charge in [-0.25, -0.2) is 0 Å². The van der Waals surface area contributed by atoms with Gasteiger partial charge in [-0.1, -0.05) is 50.0 Å². The molecule has 0 aliphatic rings. The van der Waals surface area contributed by atoms with Gasteiger partial charge in [-0.3, -0.25) is 4.79 Å². The maximum Gasteiger partial charge on any atom is 0.416 e. The van der Waals surface area contributed by atoms with Gasteiger partial charge in [0.05, 0.1) is 24.3 Å². The summed E-state index contributed by atoms with van der Waals surface area (Å²) in [5.74, 6) is -0.708. The molecule has 0 heterocycles. The fraction of sp³-hybridized carbons (Fsp3) is 0.462. The molecule has 4 nitrogen and oxygen atoms in total. The zero-order chi connectivity index (χ0) is 24.6. The van der Waals surface area contributed by atoms with Crippen LogP contribution in [0, 0.1) is 6.92 Å². The van der Waals surface area contributed by atoms with Crippen LogP contribution in [-0.2, 0) is 33.6 Å². The Morgan fingerprint density at radius 2 is 1.88 bits per heavy atom. The highest BCUT2D eigenvalue weighted by Gasteiger charge is 2.31. The Bertz CT molecular complexity index is 983. The van der Waals surface area contributed by atoms with Gasteiger partial charge in [0.1, 0.15) is 6.61 Å². The molecule has 0 spiro atoms. The first kappa shape index (κ1) is 26.4. The third kappa shape index (κ3) is 7.07. The van der Waals surface area contributed by atoms with Crippen molar-refractivity contribution in [2.75, 3.05) is 7.11 Å². The Balaban J connectivity index is 2.31. The molecule has 0 radical (unpaired) electrons. The van der Waals surface area contributed by atoms with Crippen LogP contribution in [-0.4, -0.2) is 18.8 Å². The molecule has 0 saturated carbocycles. The number of unbranched alkanes of at least 4 members (excludes halogenated alkanes) is 1. The van der Waals surface area contributed by atoms with E-state index in [1.807, 2.05) is 25.1 Å². The number of nitrogens with zero attached hydrogens (tertiary/aromatic N) is 1. The maximum absolute atomic E-state index is 13.3. The van der Waals surface area contributed by atoms with Gasteiger partial charge in [-0.2, -0.15) is 13.2 Å². The predicted molar refractivity (Wildman–Crippen MR) is 123 cm³/mol. The molecule has 1 atom stereocenters. The van der Waals surface area contributed by atoms with Crippen molar-refractivity contribution in [1.82, 2.24) is 0 Å². The summed E-state index contributed by atoms with van der Waals surface area (Å²) in [6, 6.07) is 9.63. The molecule has 0 aliphatic carbocycles. The number of carbonyl (C=O) groups is 1. The number of aryl methyl sites for hydroxylation is 2. The normalized spacial score (nSPS) is 13.0. The second-order valence-corrected chi connectivity index (χ2v) is 8.08. The summed E-state index contributed by atoms with van der Waals surface area (Å²) in [4.78, 5) is 18.0. The van der Waals surface area contributed by atoms with E-state index in [1.54, 1.807) is 19.9 Å². The van der Waals surface area contributed by atoms with Crippen molar-refractivity contribution in [3.8, 4) is 0 Å². The number of carbonyl (C=O) groups excluding carboxylic acids is 1. The molecule has 0 fully saturated rings. The molecule has 180 valence electrons. The van der Waals surface area contributed by atoms with Crippen LogP contribution in [0.1, 0.15) is 79.3 Å². The number of rotatable bonds is 10. The summed E-state index contributed by atoms with van der Waals surface area (Å²) in [5.41, 5.74) is 3.19. The molecule has 2 rings (SSSR count). The average Bonchev–Trinajstić information content (AvgIpc) is 2.79. The summed E-state index contributed by atoms with van der Waals surface area (Å²) in [5, 5.41) is 4.09. The molecule has 7 heteroatoms. The van der Waals surface area contributed by atoms with Crippen molar-refractivity contribution >= 4 is 11.7 Å². The number of methoxy groups -OCH3 is 1. The molecule has 0 saturated heterocycles. The average molecular weight is 464 g/mol.